The van der Waals surface area contributed by atoms with Crippen molar-refractivity contribution in [1.29, 1.82) is 0 Å². The van der Waals surface area contributed by atoms with Gasteiger partial charge in [-0.1, -0.05) is 0 Å². The van der Waals surface area contributed by atoms with E-state index in [-0.39, 0.29) is 17.4 Å². The predicted octanol–water partition coefficient (Wildman–Crippen LogP) is -0.620. The molecule has 0 aliphatic rings. The Kier molecular flexibility index (Phi) is 3.85. The van der Waals surface area contributed by atoms with Gasteiger partial charge in [-0.2, -0.15) is 4.98 Å². The van der Waals surface area contributed by atoms with Crippen LogP contribution in [0, 0.1) is 0 Å². The monoisotopic (exact) mass is 217 g/mol. The summed E-state index contributed by atoms with van der Waals surface area (Å²) in [5.74, 6) is -0.377. The zero-order chi connectivity index (χ0) is 10.6. The zero-order valence-corrected chi connectivity index (χ0v) is 8.67. The minimum Gasteiger partial charge on any atom is -0.493 e. The number of hydrogen-bond acceptors (Lipinski definition) is 5. The minimum absolute atomic E-state index is 0.0117. The second-order valence-electron chi connectivity index (χ2n) is 2.54. The number of aromatic hydroxyl groups is 1. The molecule has 0 aliphatic heterocycles. The molecule has 14 heavy (non-hydrogen) atoms. The summed E-state index contributed by atoms with van der Waals surface area (Å²) in [5, 5.41) is 8.95. The fourth-order valence-electron chi connectivity index (χ4n) is 0.975. The van der Waals surface area contributed by atoms with Crippen molar-refractivity contribution >= 4 is 15.2 Å². The van der Waals surface area contributed by atoms with Gasteiger partial charge in [0.1, 0.15) is 0 Å². The van der Waals surface area contributed by atoms with Gasteiger partial charge < -0.3 is 15.6 Å². The first-order valence-electron chi connectivity index (χ1n) is 3.99. The van der Waals surface area contributed by atoms with E-state index in [0.29, 0.717) is 19.5 Å². The number of nitrogen functional groups attached to an aromatic ring is 1. The molecule has 0 fully saturated rings. The van der Waals surface area contributed by atoms with Crippen LogP contribution in [0.3, 0.4) is 0 Å². The molecule has 1 aromatic rings. The van der Waals surface area contributed by atoms with Crippen LogP contribution in [0.2, 0.25) is 0 Å². The van der Waals surface area contributed by atoms with Gasteiger partial charge in [0.2, 0.25) is 11.8 Å². The van der Waals surface area contributed by atoms with Crippen molar-refractivity contribution in [3.8, 4) is 5.88 Å². The number of hydrogen-bond donors (Lipinski definition) is 2. The van der Waals surface area contributed by atoms with E-state index in [1.165, 1.54) is 4.57 Å². The molecule has 7 heteroatoms. The van der Waals surface area contributed by atoms with Crippen molar-refractivity contribution in [2.75, 3.05) is 18.7 Å². The number of nitrogens with two attached hydrogens (primary N) is 1. The number of rotatable bonds is 4. The molecule has 0 aromatic carbocycles. The van der Waals surface area contributed by atoms with Gasteiger partial charge in [0.25, 0.3) is 5.56 Å². The largest absolute Gasteiger partial charge is 0.493 e. The van der Waals surface area contributed by atoms with Gasteiger partial charge in [0.05, 0.1) is 25.6 Å². The van der Waals surface area contributed by atoms with E-state index in [2.05, 4.69) is 14.2 Å². The molecule has 1 aromatic heterocycles. The Balaban J connectivity index is 2.81. The first-order valence-corrected chi connectivity index (χ1v) is 4.81. The molecule has 3 N–H and O–H groups in total. The Bertz CT molecular complexity index is 366. The van der Waals surface area contributed by atoms with E-state index >= 15 is 0 Å². The Morgan fingerprint density at radius 2 is 2.43 bits per heavy atom. The molecule has 78 valence electrons. The Morgan fingerprint density at radius 3 is 3.00 bits per heavy atom. The van der Waals surface area contributed by atoms with E-state index < -0.39 is 0 Å². The summed E-state index contributed by atoms with van der Waals surface area (Å²) in [6.07, 6.45) is 0.500. The first kappa shape index (κ1) is 10.9. The highest BCUT2D eigenvalue weighted by atomic mass is 31.0. The van der Waals surface area contributed by atoms with Crippen molar-refractivity contribution in [2.24, 2.45) is 0 Å². The van der Waals surface area contributed by atoms with Crippen molar-refractivity contribution < 1.29 is 9.84 Å². The maximum absolute atomic E-state index is 11.3. The summed E-state index contributed by atoms with van der Waals surface area (Å²) >= 11 is 0. The van der Waals surface area contributed by atoms with Crippen molar-refractivity contribution in [3.63, 3.8) is 0 Å². The highest BCUT2D eigenvalue weighted by molar-refractivity contribution is 7.16. The van der Waals surface area contributed by atoms with Crippen LogP contribution in [-0.4, -0.2) is 27.6 Å². The molecule has 0 saturated heterocycles. The third-order valence-corrected chi connectivity index (χ3v) is 1.84. The summed E-state index contributed by atoms with van der Waals surface area (Å²) in [6, 6.07) is 1.01. The molecule has 0 amide bonds. The second kappa shape index (κ2) is 4.93. The van der Waals surface area contributed by atoms with Crippen molar-refractivity contribution in [2.45, 2.75) is 6.54 Å². The summed E-state index contributed by atoms with van der Waals surface area (Å²) in [6.45, 7) is 0.701. The number of aromatic nitrogens is 2. The van der Waals surface area contributed by atoms with Crippen LogP contribution in [0.1, 0.15) is 0 Å². The average Bonchev–Trinajstić information content (AvgIpc) is 2.09. The highest BCUT2D eigenvalue weighted by Gasteiger charge is 2.03. The van der Waals surface area contributed by atoms with E-state index in [4.69, 9.17) is 15.6 Å². The Hall–Kier alpha value is -1.13. The van der Waals surface area contributed by atoms with Crippen LogP contribution >= 0.6 is 9.24 Å². The highest BCUT2D eigenvalue weighted by Crippen LogP contribution is 2.02. The predicted molar refractivity (Wildman–Crippen MR) is 55.1 cm³/mol. The second-order valence-corrected chi connectivity index (χ2v) is 2.87. The lowest BCUT2D eigenvalue weighted by molar-refractivity contribution is 0.171. The van der Waals surface area contributed by atoms with Crippen LogP contribution in [0.4, 0.5) is 5.95 Å². The third kappa shape index (κ3) is 2.68. The summed E-state index contributed by atoms with van der Waals surface area (Å²) in [4.78, 5) is 14.8. The third-order valence-electron chi connectivity index (χ3n) is 1.60. The normalized spacial score (nSPS) is 10.4. The van der Waals surface area contributed by atoms with Gasteiger partial charge in [-0.3, -0.25) is 9.36 Å². The van der Waals surface area contributed by atoms with Crippen LogP contribution < -0.4 is 11.3 Å². The fraction of sp³-hybridized carbons (Fsp3) is 0.429. The molecule has 1 unspecified atom stereocenters. The smallest absolute Gasteiger partial charge is 0.258 e. The Labute approximate surface area is 82.9 Å². The molecule has 6 nitrogen and oxygen atoms in total. The standard InChI is InChI=1S/C7H12N3O3P/c8-7-9-5(11)3-6(12)10(7)1-2-13-4-14/h3,11H,1-2,4,14H2,(H2,8,9). The molecule has 0 radical (unpaired) electrons. The van der Waals surface area contributed by atoms with Crippen molar-refractivity contribution in [3.05, 3.63) is 16.4 Å². The fourth-order valence-corrected chi connectivity index (χ4v) is 1.14. The maximum atomic E-state index is 11.3. The van der Waals surface area contributed by atoms with Crippen LogP contribution in [0.25, 0.3) is 0 Å². The minimum atomic E-state index is -0.387. The molecule has 1 heterocycles. The topological polar surface area (TPSA) is 90.4 Å². The number of nitrogens with zero attached hydrogens (tertiary/aromatic N) is 2. The van der Waals surface area contributed by atoms with Crippen LogP contribution in [0.5, 0.6) is 5.88 Å². The van der Waals surface area contributed by atoms with Gasteiger partial charge in [0, 0.05) is 0 Å². The van der Waals surface area contributed by atoms with Crippen molar-refractivity contribution in [1.82, 2.24) is 9.55 Å². The van der Waals surface area contributed by atoms with E-state index in [9.17, 15) is 4.79 Å². The van der Waals surface area contributed by atoms with E-state index in [1.54, 1.807) is 0 Å². The summed E-state index contributed by atoms with van der Waals surface area (Å²) in [5.41, 5.74) is 5.05. The quantitative estimate of drug-likeness (QED) is 0.518. The lowest BCUT2D eigenvalue weighted by Gasteiger charge is -2.07. The van der Waals surface area contributed by atoms with E-state index in [1.807, 2.05) is 0 Å². The van der Waals surface area contributed by atoms with Crippen LogP contribution in [0.15, 0.2) is 10.9 Å². The molecule has 1 atom stereocenters. The molecule has 0 spiro atoms. The lowest BCUT2D eigenvalue weighted by Crippen LogP contribution is -2.25. The number of anilines is 1. The lowest BCUT2D eigenvalue weighted by atomic mass is 10.5. The zero-order valence-electron chi connectivity index (χ0n) is 7.51. The molecule has 0 aliphatic carbocycles. The summed E-state index contributed by atoms with van der Waals surface area (Å²) in [7, 11) is 2.40. The van der Waals surface area contributed by atoms with Gasteiger partial charge in [0.15, 0.2) is 0 Å². The Morgan fingerprint density at radius 1 is 1.71 bits per heavy atom. The number of ether oxygens (including phenoxy) is 1. The van der Waals surface area contributed by atoms with Gasteiger partial charge in [-0.15, -0.1) is 9.24 Å². The van der Waals surface area contributed by atoms with Gasteiger partial charge >= 0.3 is 0 Å². The summed E-state index contributed by atoms with van der Waals surface area (Å²) < 4.78 is 6.27. The molecule has 0 bridgehead atoms. The van der Waals surface area contributed by atoms with Crippen LogP contribution in [-0.2, 0) is 11.3 Å². The van der Waals surface area contributed by atoms with E-state index in [0.717, 1.165) is 6.07 Å². The molecule has 1 rings (SSSR count). The molecular weight excluding hydrogens is 205 g/mol. The SMILES string of the molecule is Nc1nc(O)cc(=O)n1CCOCP. The maximum Gasteiger partial charge on any atom is 0.258 e. The molecule has 0 saturated carbocycles. The van der Waals surface area contributed by atoms with Gasteiger partial charge in [-0.25, -0.2) is 0 Å². The molecular formula is C7H12N3O3P. The first-order chi connectivity index (χ1) is 6.65. The average molecular weight is 217 g/mol. The van der Waals surface area contributed by atoms with Gasteiger partial charge in [-0.05, 0) is 0 Å².